The molecule has 0 unspecified atom stereocenters. The van der Waals surface area contributed by atoms with Crippen LogP contribution in [-0.2, 0) is 6.54 Å². The average Bonchev–Trinajstić information content (AvgIpc) is 2.77. The molecule has 0 aliphatic rings. The number of nitrogens with one attached hydrogen (secondary N) is 1. The van der Waals surface area contributed by atoms with E-state index < -0.39 is 0 Å². The molecule has 1 N–H and O–H groups in total. The Kier molecular flexibility index (Phi) is 8.66. The van der Waals surface area contributed by atoms with Crippen LogP contribution >= 0.6 is 22.9 Å². The van der Waals surface area contributed by atoms with Crippen molar-refractivity contribution in [2.45, 2.75) is 19.9 Å². The lowest BCUT2D eigenvalue weighted by atomic mass is 10.3. The first-order chi connectivity index (χ1) is 9.11. The summed E-state index contributed by atoms with van der Waals surface area (Å²) in [5.41, 5.74) is 0. The predicted molar refractivity (Wildman–Crippen MR) is 86.3 cm³/mol. The number of rotatable bonds is 10. The summed E-state index contributed by atoms with van der Waals surface area (Å²) in [7, 11) is 4.26. The Hall–Kier alpha value is -0.130. The standard InChI is InChI=1S/C14H26ClN3S/c1-4-18(10-5-9-17(2)3)11-8-16-12-13-6-7-14(15)19-13/h6-7,16H,4-5,8-12H2,1-3H3. The van der Waals surface area contributed by atoms with Crippen molar-refractivity contribution in [1.29, 1.82) is 0 Å². The highest BCUT2D eigenvalue weighted by atomic mass is 35.5. The summed E-state index contributed by atoms with van der Waals surface area (Å²) in [5.74, 6) is 0. The lowest BCUT2D eigenvalue weighted by molar-refractivity contribution is 0.266. The quantitative estimate of drug-likeness (QED) is 0.671. The summed E-state index contributed by atoms with van der Waals surface area (Å²) in [6.45, 7) is 8.77. The molecule has 1 rings (SSSR count). The largest absolute Gasteiger partial charge is 0.311 e. The lowest BCUT2D eigenvalue weighted by Gasteiger charge is -2.21. The SMILES string of the molecule is CCN(CCCN(C)C)CCNCc1ccc(Cl)s1. The molecule has 1 aromatic rings. The molecule has 0 bridgehead atoms. The number of halogens is 1. The molecule has 0 radical (unpaired) electrons. The van der Waals surface area contributed by atoms with Gasteiger partial charge in [-0.1, -0.05) is 18.5 Å². The Morgan fingerprint density at radius 3 is 2.58 bits per heavy atom. The van der Waals surface area contributed by atoms with Crippen molar-refractivity contribution in [1.82, 2.24) is 15.1 Å². The fourth-order valence-corrected chi connectivity index (χ4v) is 2.99. The molecule has 0 saturated heterocycles. The molecular weight excluding hydrogens is 278 g/mol. The molecule has 1 heterocycles. The maximum atomic E-state index is 5.91. The molecule has 110 valence electrons. The van der Waals surface area contributed by atoms with Crippen LogP contribution in [0.25, 0.3) is 0 Å². The van der Waals surface area contributed by atoms with Crippen LogP contribution in [0.5, 0.6) is 0 Å². The van der Waals surface area contributed by atoms with E-state index in [9.17, 15) is 0 Å². The third kappa shape index (κ3) is 7.90. The van der Waals surface area contributed by atoms with E-state index in [0.29, 0.717) is 0 Å². The van der Waals surface area contributed by atoms with Crippen LogP contribution in [-0.4, -0.2) is 56.6 Å². The average molecular weight is 304 g/mol. The number of nitrogens with zero attached hydrogens (tertiary/aromatic N) is 2. The molecule has 0 aliphatic carbocycles. The van der Waals surface area contributed by atoms with E-state index in [1.807, 2.05) is 6.07 Å². The Morgan fingerprint density at radius 1 is 1.21 bits per heavy atom. The zero-order valence-corrected chi connectivity index (χ0v) is 13.9. The van der Waals surface area contributed by atoms with E-state index >= 15 is 0 Å². The minimum atomic E-state index is 0.871. The molecule has 0 atom stereocenters. The van der Waals surface area contributed by atoms with Crippen LogP contribution < -0.4 is 5.32 Å². The number of likely N-dealkylation sites (N-methyl/N-ethyl adjacent to an activating group) is 1. The zero-order valence-electron chi connectivity index (χ0n) is 12.3. The first kappa shape index (κ1) is 16.9. The van der Waals surface area contributed by atoms with Crippen LogP contribution in [0.4, 0.5) is 0 Å². The van der Waals surface area contributed by atoms with Gasteiger partial charge in [-0.15, -0.1) is 11.3 Å². The van der Waals surface area contributed by atoms with Gasteiger partial charge in [0.15, 0.2) is 0 Å². The molecule has 0 aromatic carbocycles. The van der Waals surface area contributed by atoms with Crippen molar-refractivity contribution in [3.05, 3.63) is 21.3 Å². The van der Waals surface area contributed by atoms with Gasteiger partial charge in [0.05, 0.1) is 4.34 Å². The summed E-state index contributed by atoms with van der Waals surface area (Å²) in [6, 6.07) is 4.05. The summed E-state index contributed by atoms with van der Waals surface area (Å²) in [6.07, 6.45) is 1.24. The van der Waals surface area contributed by atoms with Gasteiger partial charge in [0.25, 0.3) is 0 Å². The third-order valence-electron chi connectivity index (χ3n) is 3.06. The topological polar surface area (TPSA) is 18.5 Å². The van der Waals surface area contributed by atoms with E-state index in [0.717, 1.165) is 37.1 Å². The minimum Gasteiger partial charge on any atom is -0.311 e. The molecule has 1 aromatic heterocycles. The van der Waals surface area contributed by atoms with Crippen LogP contribution in [0.15, 0.2) is 12.1 Å². The van der Waals surface area contributed by atoms with Crippen LogP contribution in [0.1, 0.15) is 18.2 Å². The zero-order chi connectivity index (χ0) is 14.1. The fraction of sp³-hybridized carbons (Fsp3) is 0.714. The van der Waals surface area contributed by atoms with E-state index in [-0.39, 0.29) is 0 Å². The maximum Gasteiger partial charge on any atom is 0.0931 e. The van der Waals surface area contributed by atoms with Crippen LogP contribution in [0.2, 0.25) is 4.34 Å². The Morgan fingerprint density at radius 2 is 2.00 bits per heavy atom. The molecule has 0 aliphatic heterocycles. The van der Waals surface area contributed by atoms with Gasteiger partial charge in [-0.2, -0.15) is 0 Å². The normalized spacial score (nSPS) is 11.7. The molecule has 5 heteroatoms. The van der Waals surface area contributed by atoms with Gasteiger partial charge in [0, 0.05) is 24.5 Å². The van der Waals surface area contributed by atoms with Gasteiger partial charge in [-0.05, 0) is 52.3 Å². The second kappa shape index (κ2) is 9.72. The van der Waals surface area contributed by atoms with Crippen molar-refractivity contribution in [2.75, 3.05) is 46.8 Å². The smallest absolute Gasteiger partial charge is 0.0931 e. The summed E-state index contributed by atoms with van der Waals surface area (Å²) in [4.78, 5) is 6.05. The van der Waals surface area contributed by atoms with Gasteiger partial charge in [0.2, 0.25) is 0 Å². The molecule has 0 fully saturated rings. The molecular formula is C14H26ClN3S. The van der Waals surface area contributed by atoms with E-state index in [1.165, 1.54) is 17.8 Å². The first-order valence-electron chi connectivity index (χ1n) is 6.94. The third-order valence-corrected chi connectivity index (χ3v) is 4.29. The molecule has 0 amide bonds. The second-order valence-corrected chi connectivity index (χ2v) is 6.77. The summed E-state index contributed by atoms with van der Waals surface area (Å²) in [5, 5.41) is 3.48. The van der Waals surface area contributed by atoms with E-state index in [4.69, 9.17) is 11.6 Å². The second-order valence-electron chi connectivity index (χ2n) is 4.97. The molecule has 0 saturated carbocycles. The number of hydrogen-bond donors (Lipinski definition) is 1. The minimum absolute atomic E-state index is 0.871. The highest BCUT2D eigenvalue weighted by Crippen LogP contribution is 2.20. The highest BCUT2D eigenvalue weighted by Gasteiger charge is 2.02. The van der Waals surface area contributed by atoms with Crippen LogP contribution in [0, 0.1) is 0 Å². The van der Waals surface area contributed by atoms with Gasteiger partial charge < -0.3 is 15.1 Å². The van der Waals surface area contributed by atoms with Crippen molar-refractivity contribution < 1.29 is 0 Å². The van der Waals surface area contributed by atoms with Crippen LogP contribution in [0.3, 0.4) is 0 Å². The van der Waals surface area contributed by atoms with E-state index in [2.05, 4.69) is 42.2 Å². The Labute approximate surface area is 126 Å². The number of thiophene rings is 1. The Bertz CT molecular complexity index is 341. The van der Waals surface area contributed by atoms with Gasteiger partial charge in [0.1, 0.15) is 0 Å². The maximum absolute atomic E-state index is 5.91. The lowest BCUT2D eigenvalue weighted by Crippen LogP contribution is -2.33. The fourth-order valence-electron chi connectivity index (χ4n) is 1.93. The van der Waals surface area contributed by atoms with Gasteiger partial charge in [-0.3, -0.25) is 0 Å². The van der Waals surface area contributed by atoms with Gasteiger partial charge >= 0.3 is 0 Å². The van der Waals surface area contributed by atoms with Crippen molar-refractivity contribution >= 4 is 22.9 Å². The number of hydrogen-bond acceptors (Lipinski definition) is 4. The predicted octanol–water partition coefficient (Wildman–Crippen LogP) is 2.76. The molecule has 3 nitrogen and oxygen atoms in total. The monoisotopic (exact) mass is 303 g/mol. The van der Waals surface area contributed by atoms with E-state index in [1.54, 1.807) is 11.3 Å². The van der Waals surface area contributed by atoms with Crippen molar-refractivity contribution in [3.8, 4) is 0 Å². The summed E-state index contributed by atoms with van der Waals surface area (Å²) >= 11 is 7.56. The Balaban J connectivity index is 2.08. The first-order valence-corrected chi connectivity index (χ1v) is 8.13. The van der Waals surface area contributed by atoms with Crippen molar-refractivity contribution in [2.24, 2.45) is 0 Å². The van der Waals surface area contributed by atoms with Crippen molar-refractivity contribution in [3.63, 3.8) is 0 Å². The molecule has 0 spiro atoms. The molecule has 19 heavy (non-hydrogen) atoms. The highest BCUT2D eigenvalue weighted by molar-refractivity contribution is 7.16. The summed E-state index contributed by atoms with van der Waals surface area (Å²) < 4.78 is 0.871. The van der Waals surface area contributed by atoms with Gasteiger partial charge in [-0.25, -0.2) is 0 Å².